The van der Waals surface area contributed by atoms with Gasteiger partial charge in [-0.3, -0.25) is 4.79 Å². The summed E-state index contributed by atoms with van der Waals surface area (Å²) in [6.07, 6.45) is -4.28. The van der Waals surface area contributed by atoms with E-state index in [4.69, 9.17) is 0 Å². The first-order valence-corrected chi connectivity index (χ1v) is 4.35. The molecule has 1 rings (SSSR count). The molecule has 94 valence electrons. The van der Waals surface area contributed by atoms with Gasteiger partial charge >= 0.3 is 12.3 Å². The minimum atomic E-state index is -5.04. The molecule has 0 N–H and O–H groups in total. The van der Waals surface area contributed by atoms with Crippen LogP contribution in [0.1, 0.15) is 15.9 Å². The third kappa shape index (κ3) is 2.27. The lowest BCUT2D eigenvalue weighted by Crippen LogP contribution is -2.37. The van der Waals surface area contributed by atoms with Gasteiger partial charge < -0.3 is 0 Å². The van der Waals surface area contributed by atoms with Crippen molar-refractivity contribution in [2.75, 3.05) is 0 Å². The average molecular weight is 256 g/mol. The number of rotatable bonds is 3. The first kappa shape index (κ1) is 13.5. The first-order chi connectivity index (χ1) is 7.69. The number of alkyl halides is 4. The Hall–Kier alpha value is -1.53. The van der Waals surface area contributed by atoms with E-state index in [-0.39, 0.29) is 5.56 Å². The highest BCUT2D eigenvalue weighted by Gasteiger charge is 2.50. The molecule has 0 saturated carbocycles. The smallest absolute Gasteiger partial charge is 0.287 e. The van der Waals surface area contributed by atoms with E-state index in [1.54, 1.807) is 0 Å². The van der Waals surface area contributed by atoms with Crippen LogP contribution in [0.3, 0.4) is 0 Å². The third-order valence-corrected chi connectivity index (χ3v) is 2.10. The molecule has 0 saturated heterocycles. The molecule has 0 radical (unpaired) electrons. The van der Waals surface area contributed by atoms with E-state index in [9.17, 15) is 31.1 Å². The zero-order chi connectivity index (χ0) is 13.4. The van der Waals surface area contributed by atoms with Gasteiger partial charge in [0.1, 0.15) is 0 Å². The minimum absolute atomic E-state index is 0.223. The van der Waals surface area contributed by atoms with Gasteiger partial charge in [0.25, 0.3) is 0 Å². The molecule has 17 heavy (non-hydrogen) atoms. The maximum atomic E-state index is 13.1. The maximum Gasteiger partial charge on any atom is 0.368 e. The van der Waals surface area contributed by atoms with Gasteiger partial charge in [-0.2, -0.15) is 8.78 Å². The van der Waals surface area contributed by atoms with Crippen LogP contribution in [-0.2, 0) is 0 Å². The predicted molar refractivity (Wildman–Crippen MR) is 46.4 cm³/mol. The van der Waals surface area contributed by atoms with E-state index in [1.165, 1.54) is 0 Å². The van der Waals surface area contributed by atoms with Crippen LogP contribution in [0, 0.1) is 18.6 Å². The third-order valence-electron chi connectivity index (χ3n) is 2.10. The fourth-order valence-corrected chi connectivity index (χ4v) is 1.10. The molecule has 0 aromatic heterocycles. The van der Waals surface area contributed by atoms with Crippen LogP contribution >= 0.6 is 0 Å². The van der Waals surface area contributed by atoms with Gasteiger partial charge in [-0.25, -0.2) is 17.6 Å². The fourth-order valence-electron chi connectivity index (χ4n) is 1.10. The summed E-state index contributed by atoms with van der Waals surface area (Å²) in [6, 6.07) is 1.40. The van der Waals surface area contributed by atoms with Crippen molar-refractivity contribution in [2.24, 2.45) is 0 Å². The predicted octanol–water partition coefficient (Wildman–Crippen LogP) is 3.36. The SMILES string of the molecule is Cc1ccc(C(=O)C(F)(F)C(F)F)c(F)c1F. The number of benzene rings is 1. The summed E-state index contributed by atoms with van der Waals surface area (Å²) < 4.78 is 75.2. The van der Waals surface area contributed by atoms with Crippen molar-refractivity contribution < 1.29 is 31.1 Å². The van der Waals surface area contributed by atoms with Gasteiger partial charge in [0.2, 0.25) is 5.78 Å². The highest BCUT2D eigenvalue weighted by atomic mass is 19.3. The van der Waals surface area contributed by atoms with Crippen molar-refractivity contribution in [1.82, 2.24) is 0 Å². The summed E-state index contributed by atoms with van der Waals surface area (Å²) in [5.41, 5.74) is -1.61. The van der Waals surface area contributed by atoms with Crippen LogP contribution < -0.4 is 0 Å². The zero-order valence-corrected chi connectivity index (χ0v) is 8.41. The van der Waals surface area contributed by atoms with Gasteiger partial charge in [-0.15, -0.1) is 0 Å². The van der Waals surface area contributed by atoms with Gasteiger partial charge in [0, 0.05) is 0 Å². The van der Waals surface area contributed by atoms with Gasteiger partial charge in [-0.05, 0) is 18.6 Å². The molecule has 1 aromatic carbocycles. The topological polar surface area (TPSA) is 17.1 Å². The van der Waals surface area contributed by atoms with E-state index in [0.717, 1.165) is 13.0 Å². The monoisotopic (exact) mass is 256 g/mol. The van der Waals surface area contributed by atoms with Crippen LogP contribution in [0.15, 0.2) is 12.1 Å². The summed E-state index contributed by atoms with van der Waals surface area (Å²) in [4.78, 5) is 11.0. The number of carbonyl (C=O) groups excluding carboxylic acids is 1. The highest BCUT2D eigenvalue weighted by Crippen LogP contribution is 2.29. The lowest BCUT2D eigenvalue weighted by atomic mass is 10.0. The molecule has 0 aliphatic carbocycles. The van der Waals surface area contributed by atoms with Gasteiger partial charge in [-0.1, -0.05) is 6.07 Å². The second-order valence-electron chi connectivity index (χ2n) is 3.31. The minimum Gasteiger partial charge on any atom is -0.287 e. The molecule has 0 bridgehead atoms. The number of hydrogen-bond acceptors (Lipinski definition) is 1. The molecular formula is C10H6F6O. The second-order valence-corrected chi connectivity index (χ2v) is 3.31. The lowest BCUT2D eigenvalue weighted by Gasteiger charge is -2.14. The Kier molecular flexibility index (Phi) is 3.49. The van der Waals surface area contributed by atoms with Crippen molar-refractivity contribution >= 4 is 5.78 Å². The van der Waals surface area contributed by atoms with Crippen LogP contribution in [0.2, 0.25) is 0 Å². The molecule has 0 aliphatic heterocycles. The number of carbonyl (C=O) groups is 1. The summed E-state index contributed by atoms with van der Waals surface area (Å²) in [5.74, 6) is -10.8. The average Bonchev–Trinajstić information content (AvgIpc) is 2.25. The Morgan fingerprint density at radius 3 is 2.18 bits per heavy atom. The standard InChI is InChI=1S/C10H6F6O/c1-4-2-3-5(7(12)6(4)11)8(17)10(15,16)9(13)14/h2-3,9H,1H3. The Balaban J connectivity index is 3.28. The first-order valence-electron chi connectivity index (χ1n) is 4.35. The zero-order valence-electron chi connectivity index (χ0n) is 8.41. The number of Topliss-reactive ketones (excluding diaryl/α,β-unsaturated/α-hetero) is 1. The normalized spacial score (nSPS) is 12.0. The van der Waals surface area contributed by atoms with E-state index in [0.29, 0.717) is 6.07 Å². The quantitative estimate of drug-likeness (QED) is 0.598. The summed E-state index contributed by atoms with van der Waals surface area (Å²) >= 11 is 0. The Morgan fingerprint density at radius 1 is 1.18 bits per heavy atom. The molecule has 0 fully saturated rings. The summed E-state index contributed by atoms with van der Waals surface area (Å²) in [6.45, 7) is 1.14. The van der Waals surface area contributed by atoms with E-state index in [2.05, 4.69) is 0 Å². The van der Waals surface area contributed by atoms with E-state index >= 15 is 0 Å². The molecule has 0 aliphatic rings. The van der Waals surface area contributed by atoms with E-state index in [1.807, 2.05) is 0 Å². The molecule has 0 atom stereocenters. The molecule has 1 nitrogen and oxygen atoms in total. The molecule has 0 spiro atoms. The molecule has 0 amide bonds. The van der Waals surface area contributed by atoms with E-state index < -0.39 is 35.3 Å². The van der Waals surface area contributed by atoms with Gasteiger partial charge in [0.15, 0.2) is 11.6 Å². The second kappa shape index (κ2) is 4.38. The molecule has 0 unspecified atom stereocenters. The number of aryl methyl sites for hydroxylation is 1. The van der Waals surface area contributed by atoms with Crippen molar-refractivity contribution in [3.63, 3.8) is 0 Å². The van der Waals surface area contributed by atoms with Crippen LogP contribution in [-0.4, -0.2) is 18.1 Å². The molecular weight excluding hydrogens is 250 g/mol. The highest BCUT2D eigenvalue weighted by molar-refractivity contribution is 6.01. The molecule has 1 aromatic rings. The largest absolute Gasteiger partial charge is 0.368 e. The van der Waals surface area contributed by atoms with Gasteiger partial charge in [0.05, 0.1) is 5.56 Å². The number of ketones is 1. The fraction of sp³-hybridized carbons (Fsp3) is 0.300. The van der Waals surface area contributed by atoms with Crippen LogP contribution in [0.5, 0.6) is 0 Å². The summed E-state index contributed by atoms with van der Waals surface area (Å²) in [7, 11) is 0. The maximum absolute atomic E-state index is 13.1. The van der Waals surface area contributed by atoms with Crippen LogP contribution in [0.4, 0.5) is 26.3 Å². The Morgan fingerprint density at radius 2 is 1.71 bits per heavy atom. The molecule has 0 heterocycles. The van der Waals surface area contributed by atoms with Crippen molar-refractivity contribution in [3.05, 3.63) is 34.9 Å². The van der Waals surface area contributed by atoms with Crippen LogP contribution in [0.25, 0.3) is 0 Å². The molecule has 7 heteroatoms. The Labute approximate surface area is 92.0 Å². The lowest BCUT2D eigenvalue weighted by molar-refractivity contribution is -0.0960. The number of hydrogen-bond donors (Lipinski definition) is 0. The van der Waals surface area contributed by atoms with Crippen molar-refractivity contribution in [1.29, 1.82) is 0 Å². The Bertz CT molecular complexity index is 454. The van der Waals surface area contributed by atoms with Crippen molar-refractivity contribution in [2.45, 2.75) is 19.3 Å². The van der Waals surface area contributed by atoms with Crippen molar-refractivity contribution in [3.8, 4) is 0 Å². The summed E-state index contributed by atoms with van der Waals surface area (Å²) in [5, 5.41) is 0. The number of halogens is 6.